The molecule has 0 atom stereocenters. The summed E-state index contributed by atoms with van der Waals surface area (Å²) in [5, 5.41) is 11.1. The second kappa shape index (κ2) is 10.2. The van der Waals surface area contributed by atoms with E-state index in [0.29, 0.717) is 47.5 Å². The van der Waals surface area contributed by atoms with Gasteiger partial charge in [-0.2, -0.15) is 5.26 Å². The average Bonchev–Trinajstić information content (AvgIpc) is 2.83. The molecule has 1 aromatic heterocycles. The lowest BCUT2D eigenvalue weighted by molar-refractivity contribution is -0.132. The molecule has 3 aromatic rings. The molecule has 1 aliphatic rings. The molecule has 0 bridgehead atoms. The Balaban J connectivity index is 1.75. The van der Waals surface area contributed by atoms with Crippen molar-refractivity contribution >= 4 is 29.3 Å². The van der Waals surface area contributed by atoms with E-state index in [2.05, 4.69) is 6.07 Å². The highest BCUT2D eigenvalue weighted by Gasteiger charge is 2.21. The van der Waals surface area contributed by atoms with Gasteiger partial charge in [0.05, 0.1) is 30.2 Å². The summed E-state index contributed by atoms with van der Waals surface area (Å²) in [6.07, 6.45) is 0. The number of carbonyl (C=O) groups is 1. The number of nitriles is 1. The summed E-state index contributed by atoms with van der Waals surface area (Å²) in [5.41, 5.74) is 4.73. The minimum atomic E-state index is 0.0176. The van der Waals surface area contributed by atoms with Crippen molar-refractivity contribution in [2.24, 2.45) is 0 Å². The van der Waals surface area contributed by atoms with E-state index in [9.17, 15) is 10.1 Å². The molecule has 2 heterocycles. The standard InChI is InChI=1S/C25H22ClN3O2S/c1-17-6-8-18(9-7-17)23-14-20(19-4-2-3-5-22(19)26)21(15-27)25(28-23)32-16-24(30)29-10-12-31-13-11-29/h2-9,14H,10-13,16H2,1H3. The van der Waals surface area contributed by atoms with E-state index in [0.717, 1.165) is 22.4 Å². The van der Waals surface area contributed by atoms with Crippen LogP contribution in [0.5, 0.6) is 0 Å². The zero-order chi connectivity index (χ0) is 22.5. The number of halogens is 1. The summed E-state index contributed by atoms with van der Waals surface area (Å²) in [5.74, 6) is 0.227. The maximum atomic E-state index is 12.7. The lowest BCUT2D eigenvalue weighted by Gasteiger charge is -2.26. The van der Waals surface area contributed by atoms with Gasteiger partial charge in [-0.15, -0.1) is 0 Å². The third kappa shape index (κ3) is 4.97. The van der Waals surface area contributed by atoms with Crippen molar-refractivity contribution in [3.05, 3.63) is 70.7 Å². The van der Waals surface area contributed by atoms with Crippen LogP contribution in [0.4, 0.5) is 0 Å². The van der Waals surface area contributed by atoms with Gasteiger partial charge in [0.15, 0.2) is 0 Å². The number of aromatic nitrogens is 1. The van der Waals surface area contributed by atoms with Gasteiger partial charge in [0, 0.05) is 34.8 Å². The highest BCUT2D eigenvalue weighted by atomic mass is 35.5. The second-order valence-corrected chi connectivity index (χ2v) is 8.85. The lowest BCUT2D eigenvalue weighted by Crippen LogP contribution is -2.41. The fourth-order valence-corrected chi connectivity index (χ4v) is 4.68. The maximum Gasteiger partial charge on any atom is 0.233 e. The highest BCUT2D eigenvalue weighted by molar-refractivity contribution is 8.00. The van der Waals surface area contributed by atoms with Gasteiger partial charge in [0.25, 0.3) is 0 Å². The van der Waals surface area contributed by atoms with Gasteiger partial charge >= 0.3 is 0 Å². The zero-order valence-electron chi connectivity index (χ0n) is 17.7. The van der Waals surface area contributed by atoms with Gasteiger partial charge < -0.3 is 9.64 Å². The van der Waals surface area contributed by atoms with E-state index in [-0.39, 0.29) is 11.7 Å². The number of hydrogen-bond donors (Lipinski definition) is 0. The van der Waals surface area contributed by atoms with Gasteiger partial charge in [0.1, 0.15) is 11.1 Å². The number of nitrogens with zero attached hydrogens (tertiary/aromatic N) is 3. The van der Waals surface area contributed by atoms with Crippen molar-refractivity contribution in [2.75, 3.05) is 32.1 Å². The molecule has 162 valence electrons. The van der Waals surface area contributed by atoms with Gasteiger partial charge in [-0.25, -0.2) is 4.98 Å². The van der Waals surface area contributed by atoms with Crippen LogP contribution in [-0.2, 0) is 9.53 Å². The first-order chi connectivity index (χ1) is 15.6. The average molecular weight is 464 g/mol. The van der Waals surface area contributed by atoms with E-state index in [1.165, 1.54) is 11.8 Å². The SMILES string of the molecule is Cc1ccc(-c2cc(-c3ccccc3Cl)c(C#N)c(SCC(=O)N3CCOCC3)n2)cc1. The van der Waals surface area contributed by atoms with Crippen molar-refractivity contribution < 1.29 is 9.53 Å². The van der Waals surface area contributed by atoms with Crippen molar-refractivity contribution in [1.29, 1.82) is 5.26 Å². The third-order valence-electron chi connectivity index (χ3n) is 5.31. The van der Waals surface area contributed by atoms with Gasteiger partial charge in [0.2, 0.25) is 5.91 Å². The van der Waals surface area contributed by atoms with Crippen LogP contribution < -0.4 is 0 Å². The van der Waals surface area contributed by atoms with Crippen LogP contribution in [-0.4, -0.2) is 47.8 Å². The summed E-state index contributed by atoms with van der Waals surface area (Å²) in [4.78, 5) is 19.3. The summed E-state index contributed by atoms with van der Waals surface area (Å²) in [6.45, 7) is 4.32. The Bertz CT molecular complexity index is 1170. The Morgan fingerprint density at radius 3 is 2.56 bits per heavy atom. The largest absolute Gasteiger partial charge is 0.378 e. The number of thioether (sulfide) groups is 1. The van der Waals surface area contributed by atoms with Crippen LogP contribution in [0.2, 0.25) is 5.02 Å². The molecule has 1 saturated heterocycles. The normalized spacial score (nSPS) is 13.6. The first-order valence-corrected chi connectivity index (χ1v) is 11.7. The van der Waals surface area contributed by atoms with Crippen molar-refractivity contribution in [3.63, 3.8) is 0 Å². The Kier molecular flexibility index (Phi) is 7.11. The van der Waals surface area contributed by atoms with Crippen LogP contribution in [0.1, 0.15) is 11.1 Å². The third-order valence-corrected chi connectivity index (χ3v) is 6.60. The van der Waals surface area contributed by atoms with Crippen LogP contribution >= 0.6 is 23.4 Å². The molecule has 0 unspecified atom stereocenters. The first-order valence-electron chi connectivity index (χ1n) is 10.3. The van der Waals surface area contributed by atoms with Gasteiger partial charge in [-0.05, 0) is 19.1 Å². The van der Waals surface area contributed by atoms with Crippen molar-refractivity contribution in [1.82, 2.24) is 9.88 Å². The van der Waals surface area contributed by atoms with Crippen LogP contribution in [0.25, 0.3) is 22.4 Å². The molecule has 0 N–H and O–H groups in total. The molecule has 0 saturated carbocycles. The summed E-state index contributed by atoms with van der Waals surface area (Å²) < 4.78 is 5.33. The molecule has 32 heavy (non-hydrogen) atoms. The highest BCUT2D eigenvalue weighted by Crippen LogP contribution is 2.37. The van der Waals surface area contributed by atoms with E-state index >= 15 is 0 Å². The van der Waals surface area contributed by atoms with Crippen LogP contribution in [0.3, 0.4) is 0 Å². The number of morpholine rings is 1. The van der Waals surface area contributed by atoms with E-state index in [1.54, 1.807) is 11.0 Å². The van der Waals surface area contributed by atoms with Crippen LogP contribution in [0.15, 0.2) is 59.6 Å². The fourth-order valence-electron chi connectivity index (χ4n) is 3.53. The number of aryl methyl sites for hydroxylation is 1. The molecule has 1 fully saturated rings. The molecule has 5 nitrogen and oxygen atoms in total. The zero-order valence-corrected chi connectivity index (χ0v) is 19.2. The Morgan fingerprint density at radius 2 is 1.88 bits per heavy atom. The Labute approximate surface area is 197 Å². The number of amides is 1. The number of pyridine rings is 1. The van der Waals surface area contributed by atoms with E-state index in [4.69, 9.17) is 21.3 Å². The topological polar surface area (TPSA) is 66.2 Å². The van der Waals surface area contributed by atoms with Crippen LogP contribution in [0, 0.1) is 18.3 Å². The van der Waals surface area contributed by atoms with Gasteiger partial charge in [-0.1, -0.05) is 71.4 Å². The van der Waals surface area contributed by atoms with Gasteiger partial charge in [-0.3, -0.25) is 4.79 Å². The number of ether oxygens (including phenoxy) is 1. The Morgan fingerprint density at radius 1 is 1.16 bits per heavy atom. The maximum absolute atomic E-state index is 12.7. The molecule has 0 radical (unpaired) electrons. The number of rotatable bonds is 5. The minimum Gasteiger partial charge on any atom is -0.378 e. The minimum absolute atomic E-state index is 0.0176. The molecule has 2 aromatic carbocycles. The summed E-state index contributed by atoms with van der Waals surface area (Å²) in [7, 11) is 0. The monoisotopic (exact) mass is 463 g/mol. The predicted molar refractivity (Wildman–Crippen MR) is 128 cm³/mol. The molecule has 1 amide bonds. The van der Waals surface area contributed by atoms with E-state index in [1.807, 2.05) is 55.5 Å². The molecular formula is C25H22ClN3O2S. The predicted octanol–water partition coefficient (Wildman–Crippen LogP) is 5.20. The second-order valence-electron chi connectivity index (χ2n) is 7.47. The molecule has 4 rings (SSSR count). The number of benzene rings is 2. The summed E-state index contributed by atoms with van der Waals surface area (Å²) >= 11 is 7.77. The molecule has 0 aliphatic carbocycles. The smallest absolute Gasteiger partial charge is 0.233 e. The molecule has 0 spiro atoms. The first kappa shape index (κ1) is 22.3. The Hall–Kier alpha value is -2.85. The molecule has 7 heteroatoms. The number of hydrogen-bond acceptors (Lipinski definition) is 5. The van der Waals surface area contributed by atoms with Crippen molar-refractivity contribution in [3.8, 4) is 28.5 Å². The fraction of sp³-hybridized carbons (Fsp3) is 0.240. The summed E-state index contributed by atoms with van der Waals surface area (Å²) in [6, 6.07) is 19.7. The lowest BCUT2D eigenvalue weighted by atomic mass is 9.99. The number of carbonyl (C=O) groups excluding carboxylic acids is 1. The molecule has 1 aliphatic heterocycles. The van der Waals surface area contributed by atoms with Crippen molar-refractivity contribution in [2.45, 2.75) is 11.9 Å². The van der Waals surface area contributed by atoms with E-state index < -0.39 is 0 Å². The quantitative estimate of drug-likeness (QED) is 0.486. The molecular weight excluding hydrogens is 442 g/mol.